The number of carboxylic acid groups (broad SMARTS) is 1. The number of hydrogen-bond acceptors (Lipinski definition) is 5. The van der Waals surface area contributed by atoms with Crippen molar-refractivity contribution in [1.29, 1.82) is 0 Å². The van der Waals surface area contributed by atoms with Crippen molar-refractivity contribution >= 4 is 5.97 Å². The van der Waals surface area contributed by atoms with Gasteiger partial charge >= 0.3 is 103 Å². The van der Waals surface area contributed by atoms with E-state index in [0.717, 1.165) is 6.92 Å². The Morgan fingerprint density at radius 1 is 1.55 bits per heavy atom. The van der Waals surface area contributed by atoms with Gasteiger partial charge in [0.05, 0.1) is 0 Å². The minimum Gasteiger partial charge on any atom is -0.739 e. The molecule has 0 radical (unpaired) electrons. The van der Waals surface area contributed by atoms with E-state index in [-0.39, 0.29) is 103 Å². The molecule has 0 bridgehead atoms. The van der Waals surface area contributed by atoms with Crippen LogP contribution < -0.4 is 108 Å². The summed E-state index contributed by atoms with van der Waals surface area (Å²) in [5.74, 6) is -1.62. The van der Waals surface area contributed by atoms with Crippen LogP contribution in [0.2, 0.25) is 0 Å². The number of carbonyl (C=O) groups excluding carboxylic acids is 1. The molecule has 0 saturated carbocycles. The fourth-order valence-electron chi connectivity index (χ4n) is 0.161. The molecule has 1 atom stereocenters. The van der Waals surface area contributed by atoms with Gasteiger partial charge in [-0.15, -0.1) is 0 Å². The molecule has 0 amide bonds. The molecular formula is C3H4K2N2O4. The number of aliphatic carboxylic acids is 1. The minimum atomic E-state index is -1.62. The molecule has 0 spiro atoms. The van der Waals surface area contributed by atoms with Gasteiger partial charge in [-0.2, -0.15) is 0 Å². The Morgan fingerprint density at radius 3 is 2.00 bits per heavy atom. The molecule has 0 rings (SSSR count). The molecule has 0 aliphatic carbocycles. The van der Waals surface area contributed by atoms with Gasteiger partial charge in [-0.05, 0) is 5.28 Å². The summed E-state index contributed by atoms with van der Waals surface area (Å²) in [6.45, 7) is 1.00. The van der Waals surface area contributed by atoms with Gasteiger partial charge in [0.25, 0.3) is 0 Å². The smallest absolute Gasteiger partial charge is 0.739 e. The zero-order valence-electron chi connectivity index (χ0n) is 6.60. The van der Waals surface area contributed by atoms with E-state index < -0.39 is 16.9 Å². The second-order valence-corrected chi connectivity index (χ2v) is 1.38. The van der Waals surface area contributed by atoms with Crippen LogP contribution in [0.25, 0.3) is 0 Å². The van der Waals surface area contributed by atoms with Gasteiger partial charge in [0, 0.05) is 6.92 Å². The van der Waals surface area contributed by atoms with Crippen LogP contribution in [0.5, 0.6) is 0 Å². The van der Waals surface area contributed by atoms with Crippen molar-refractivity contribution in [3.8, 4) is 0 Å². The van der Waals surface area contributed by atoms with E-state index in [1.165, 1.54) is 0 Å². The Balaban J connectivity index is -0.000000320. The Morgan fingerprint density at radius 2 is 1.91 bits per heavy atom. The zero-order valence-corrected chi connectivity index (χ0v) is 12.9. The summed E-state index contributed by atoms with van der Waals surface area (Å²) < 4.78 is 0. The van der Waals surface area contributed by atoms with Crippen molar-refractivity contribution in [2.24, 2.45) is 5.28 Å². The molecule has 11 heavy (non-hydrogen) atoms. The van der Waals surface area contributed by atoms with Crippen molar-refractivity contribution in [2.45, 2.75) is 13.0 Å². The first-order valence-corrected chi connectivity index (χ1v) is 2.10. The van der Waals surface area contributed by atoms with E-state index in [1.54, 1.807) is 0 Å². The van der Waals surface area contributed by atoms with Gasteiger partial charge in [0.15, 0.2) is 0 Å². The van der Waals surface area contributed by atoms with E-state index in [9.17, 15) is 20.3 Å². The first-order valence-electron chi connectivity index (χ1n) is 2.10. The number of hydroxylamine groups is 1. The molecule has 1 unspecified atom stereocenters. The number of carboxylic acids is 1. The van der Waals surface area contributed by atoms with Gasteiger partial charge in [0.2, 0.25) is 6.04 Å². The monoisotopic (exact) mass is 210 g/mol. The van der Waals surface area contributed by atoms with Gasteiger partial charge in [0.1, 0.15) is 5.97 Å². The third-order valence-electron chi connectivity index (χ3n) is 0.753. The summed E-state index contributed by atoms with van der Waals surface area (Å²) >= 11 is 0. The quantitative estimate of drug-likeness (QED) is 0.195. The molecule has 0 heterocycles. The maximum atomic E-state index is 9.97. The maximum absolute atomic E-state index is 9.97. The number of nitrogens with zero attached hydrogens (tertiary/aromatic N) is 2. The van der Waals surface area contributed by atoms with Crippen molar-refractivity contribution in [2.75, 3.05) is 0 Å². The Labute approximate surface area is 148 Å². The van der Waals surface area contributed by atoms with Gasteiger partial charge in [-0.1, -0.05) is 4.86 Å². The van der Waals surface area contributed by atoms with E-state index in [2.05, 4.69) is 0 Å². The first kappa shape index (κ1) is 18.7. The van der Waals surface area contributed by atoms with Gasteiger partial charge in [-0.25, -0.2) is 0 Å². The summed E-state index contributed by atoms with van der Waals surface area (Å²) in [6, 6.07) is -1.51. The predicted octanol–water partition coefficient (Wildman–Crippen LogP) is -7.41. The molecule has 52 valence electrons. The summed E-state index contributed by atoms with van der Waals surface area (Å²) in [6.07, 6.45) is 0. The molecular weight excluding hydrogens is 206 g/mol. The molecule has 0 aromatic heterocycles. The molecule has 6 nitrogen and oxygen atoms in total. The molecule has 0 aromatic rings. The molecule has 0 saturated heterocycles. The Bertz CT molecular complexity index is 150. The van der Waals surface area contributed by atoms with Gasteiger partial charge in [-0.3, -0.25) is 0 Å². The summed E-state index contributed by atoms with van der Waals surface area (Å²) in [7, 11) is 0. The predicted molar refractivity (Wildman–Crippen MR) is 23.9 cm³/mol. The average Bonchev–Trinajstić information content (AvgIpc) is 1.84. The van der Waals surface area contributed by atoms with Crippen LogP contribution in [-0.2, 0) is 4.79 Å². The fourth-order valence-corrected chi connectivity index (χ4v) is 0.161. The third-order valence-corrected chi connectivity index (χ3v) is 0.753. The van der Waals surface area contributed by atoms with Crippen LogP contribution in [0.1, 0.15) is 6.92 Å². The summed E-state index contributed by atoms with van der Waals surface area (Å²) in [5.41, 5.74) is 0. The summed E-state index contributed by atoms with van der Waals surface area (Å²) in [5, 5.41) is 30.9. The van der Waals surface area contributed by atoms with E-state index in [4.69, 9.17) is 0 Å². The summed E-state index contributed by atoms with van der Waals surface area (Å²) in [4.78, 5) is 9.27. The standard InChI is InChI=1S/C3H6N2O4.2K/c1-2(3(6)7)5(9)4-8;;/h2,8H,1H3,(H,6,7);;/q;2*+1/p-2/b5-4-;;. The molecule has 0 aliphatic rings. The van der Waals surface area contributed by atoms with E-state index >= 15 is 0 Å². The second kappa shape index (κ2) is 10.0. The van der Waals surface area contributed by atoms with Crippen LogP contribution in [-0.4, -0.2) is 16.9 Å². The number of rotatable bonds is 2. The second-order valence-electron chi connectivity index (χ2n) is 1.38. The third kappa shape index (κ3) is 8.28. The van der Waals surface area contributed by atoms with Crippen molar-refractivity contribution in [3.63, 3.8) is 0 Å². The Kier molecular flexibility index (Phi) is 17.0. The van der Waals surface area contributed by atoms with Crippen LogP contribution in [0, 0.1) is 10.4 Å². The number of carbonyl (C=O) groups is 1. The first-order chi connectivity index (χ1) is 4.09. The van der Waals surface area contributed by atoms with Crippen molar-refractivity contribution in [3.05, 3.63) is 10.4 Å². The minimum absolute atomic E-state index is 0. The molecule has 0 aromatic carbocycles. The zero-order chi connectivity index (χ0) is 7.44. The van der Waals surface area contributed by atoms with Crippen LogP contribution in [0.4, 0.5) is 0 Å². The SMILES string of the molecule is CC(C(=O)[O-])/[N+]([O-])=N/[O-].[K+].[K+]. The average molecular weight is 210 g/mol. The Hall–Kier alpha value is 1.94. The normalized spacial score (nSPS) is 12.3. The fraction of sp³-hybridized carbons (Fsp3) is 0.667. The molecule has 0 fully saturated rings. The molecule has 8 heteroatoms. The van der Waals surface area contributed by atoms with Crippen LogP contribution in [0.3, 0.4) is 0 Å². The molecule has 0 N–H and O–H groups in total. The largest absolute Gasteiger partial charge is 1.00 e. The van der Waals surface area contributed by atoms with Crippen LogP contribution >= 0.6 is 0 Å². The molecule has 0 aliphatic heterocycles. The van der Waals surface area contributed by atoms with Crippen LogP contribution in [0.15, 0.2) is 5.28 Å². The van der Waals surface area contributed by atoms with E-state index in [0.29, 0.717) is 0 Å². The maximum Gasteiger partial charge on any atom is 1.00 e. The van der Waals surface area contributed by atoms with E-state index in [1.807, 2.05) is 5.28 Å². The number of hydrogen-bond donors (Lipinski definition) is 0. The van der Waals surface area contributed by atoms with Crippen molar-refractivity contribution in [1.82, 2.24) is 0 Å². The van der Waals surface area contributed by atoms with Crippen molar-refractivity contribution < 1.29 is 118 Å². The van der Waals surface area contributed by atoms with Gasteiger partial charge < -0.3 is 20.3 Å². The topological polar surface area (TPSA) is 102 Å².